The van der Waals surface area contributed by atoms with Gasteiger partial charge >= 0.3 is 0 Å². The first kappa shape index (κ1) is 12.9. The number of thiophene rings is 1. The van der Waals surface area contributed by atoms with Gasteiger partial charge in [0.25, 0.3) is 0 Å². The van der Waals surface area contributed by atoms with Crippen molar-refractivity contribution in [1.82, 2.24) is 0 Å². The highest BCUT2D eigenvalue weighted by Gasteiger charge is 2.12. The van der Waals surface area contributed by atoms with Crippen molar-refractivity contribution in [2.24, 2.45) is 0 Å². The van der Waals surface area contributed by atoms with Crippen LogP contribution in [-0.2, 0) is 6.42 Å². The van der Waals surface area contributed by atoms with Crippen molar-refractivity contribution in [2.45, 2.75) is 12.5 Å². The fourth-order valence-corrected chi connectivity index (χ4v) is 2.49. The van der Waals surface area contributed by atoms with Crippen LogP contribution in [0.2, 0.25) is 0 Å². The topological polar surface area (TPSA) is 38.7 Å². The summed E-state index contributed by atoms with van der Waals surface area (Å²) in [6.07, 6.45) is 0.0818. The summed E-state index contributed by atoms with van der Waals surface area (Å²) >= 11 is 1.63. The fourth-order valence-electron chi connectivity index (χ4n) is 1.81. The molecule has 0 amide bonds. The molecule has 1 aromatic heterocycles. The summed E-state index contributed by atoms with van der Waals surface area (Å²) in [5.74, 6) is 1.31. The molecular weight excluding hydrogens is 248 g/mol. The van der Waals surface area contributed by atoms with Gasteiger partial charge in [-0.15, -0.1) is 0 Å². The van der Waals surface area contributed by atoms with Gasteiger partial charge in [0, 0.05) is 6.42 Å². The number of hydrogen-bond donors (Lipinski definition) is 1. The third-order valence-electron chi connectivity index (χ3n) is 2.80. The zero-order chi connectivity index (χ0) is 13.0. The van der Waals surface area contributed by atoms with E-state index in [2.05, 4.69) is 0 Å². The number of aliphatic hydroxyl groups excluding tert-OH is 1. The van der Waals surface area contributed by atoms with E-state index in [0.29, 0.717) is 17.9 Å². The predicted octanol–water partition coefficient (Wildman–Crippen LogP) is 3.04. The van der Waals surface area contributed by atoms with Crippen LogP contribution in [0.5, 0.6) is 11.5 Å². The molecule has 0 bridgehead atoms. The Bertz CT molecular complexity index is 494. The number of ether oxygens (including phenoxy) is 2. The van der Waals surface area contributed by atoms with E-state index in [4.69, 9.17) is 9.47 Å². The summed E-state index contributed by atoms with van der Waals surface area (Å²) in [5.41, 5.74) is 1.97. The number of rotatable bonds is 5. The molecule has 1 unspecified atom stereocenters. The summed E-state index contributed by atoms with van der Waals surface area (Å²) in [6.45, 7) is 0. The van der Waals surface area contributed by atoms with Crippen molar-refractivity contribution < 1.29 is 14.6 Å². The van der Waals surface area contributed by atoms with Crippen LogP contribution in [0, 0.1) is 0 Å². The third-order valence-corrected chi connectivity index (χ3v) is 3.53. The average molecular weight is 264 g/mol. The van der Waals surface area contributed by atoms with Crippen molar-refractivity contribution in [3.8, 4) is 11.5 Å². The van der Waals surface area contributed by atoms with E-state index in [9.17, 15) is 5.11 Å². The maximum absolute atomic E-state index is 10.2. The van der Waals surface area contributed by atoms with Gasteiger partial charge in [0.2, 0.25) is 0 Å². The lowest BCUT2D eigenvalue weighted by molar-refractivity contribution is 0.178. The summed E-state index contributed by atoms with van der Waals surface area (Å²) in [4.78, 5) is 0. The highest BCUT2D eigenvalue weighted by molar-refractivity contribution is 7.07. The molecule has 0 radical (unpaired) electrons. The molecule has 0 saturated heterocycles. The first-order valence-corrected chi connectivity index (χ1v) is 6.60. The van der Waals surface area contributed by atoms with E-state index in [1.165, 1.54) is 0 Å². The minimum atomic E-state index is -0.528. The Hall–Kier alpha value is -1.52. The number of benzene rings is 1. The molecular formula is C14H16O3S. The lowest BCUT2D eigenvalue weighted by atomic mass is 10.0. The molecule has 0 saturated carbocycles. The van der Waals surface area contributed by atoms with Gasteiger partial charge in [-0.25, -0.2) is 0 Å². The van der Waals surface area contributed by atoms with Crippen LogP contribution in [0.25, 0.3) is 0 Å². The molecule has 2 rings (SSSR count). The molecule has 0 aliphatic carbocycles. The second-order valence-corrected chi connectivity index (χ2v) is 4.75. The number of aliphatic hydroxyl groups is 1. The molecule has 0 aliphatic rings. The normalized spacial score (nSPS) is 12.2. The van der Waals surface area contributed by atoms with Gasteiger partial charge < -0.3 is 14.6 Å². The molecule has 3 nitrogen and oxygen atoms in total. The summed E-state index contributed by atoms with van der Waals surface area (Å²) in [5, 5.41) is 14.2. The second kappa shape index (κ2) is 5.89. The van der Waals surface area contributed by atoms with Crippen LogP contribution in [-0.4, -0.2) is 19.3 Å². The van der Waals surface area contributed by atoms with Crippen LogP contribution >= 0.6 is 11.3 Å². The van der Waals surface area contributed by atoms with E-state index < -0.39 is 6.10 Å². The smallest absolute Gasteiger partial charge is 0.161 e. The largest absolute Gasteiger partial charge is 0.493 e. The quantitative estimate of drug-likeness (QED) is 0.902. The van der Waals surface area contributed by atoms with Gasteiger partial charge in [0.05, 0.1) is 20.3 Å². The van der Waals surface area contributed by atoms with E-state index in [0.717, 1.165) is 11.1 Å². The monoisotopic (exact) mass is 264 g/mol. The molecule has 0 spiro atoms. The molecule has 0 aliphatic heterocycles. The lowest BCUT2D eigenvalue weighted by Gasteiger charge is -2.13. The standard InChI is InChI=1S/C14H16O3S/c1-16-13-4-3-11(8-14(13)17-2)12(15)7-10-5-6-18-9-10/h3-6,8-9,12,15H,7H2,1-2H3. The molecule has 4 heteroatoms. The number of methoxy groups -OCH3 is 2. The fraction of sp³-hybridized carbons (Fsp3) is 0.286. The van der Waals surface area contributed by atoms with E-state index in [1.807, 2.05) is 35.0 Å². The Balaban J connectivity index is 2.17. The SMILES string of the molecule is COc1ccc(C(O)Cc2ccsc2)cc1OC. The Labute approximate surface area is 111 Å². The van der Waals surface area contributed by atoms with Crippen molar-refractivity contribution in [2.75, 3.05) is 14.2 Å². The Morgan fingerprint density at radius 2 is 1.94 bits per heavy atom. The van der Waals surface area contributed by atoms with Crippen molar-refractivity contribution >= 4 is 11.3 Å². The van der Waals surface area contributed by atoms with Crippen LogP contribution < -0.4 is 9.47 Å². The third kappa shape index (κ3) is 2.83. The zero-order valence-corrected chi connectivity index (χ0v) is 11.2. The highest BCUT2D eigenvalue weighted by atomic mass is 32.1. The summed E-state index contributed by atoms with van der Waals surface area (Å²) in [6, 6.07) is 7.51. The second-order valence-electron chi connectivity index (χ2n) is 3.97. The molecule has 2 aromatic rings. The van der Waals surface area contributed by atoms with E-state index in [-0.39, 0.29) is 0 Å². The van der Waals surface area contributed by atoms with E-state index >= 15 is 0 Å². The van der Waals surface area contributed by atoms with Crippen LogP contribution in [0.4, 0.5) is 0 Å². The highest BCUT2D eigenvalue weighted by Crippen LogP contribution is 2.31. The lowest BCUT2D eigenvalue weighted by Crippen LogP contribution is -2.02. The Morgan fingerprint density at radius 3 is 2.56 bits per heavy atom. The van der Waals surface area contributed by atoms with Crippen molar-refractivity contribution in [3.05, 3.63) is 46.2 Å². The summed E-state index contributed by atoms with van der Waals surface area (Å²) in [7, 11) is 3.19. The van der Waals surface area contributed by atoms with Crippen molar-refractivity contribution in [1.29, 1.82) is 0 Å². The molecule has 0 fully saturated rings. The van der Waals surface area contributed by atoms with Crippen LogP contribution in [0.1, 0.15) is 17.2 Å². The van der Waals surface area contributed by atoms with Gasteiger partial charge in [-0.05, 0) is 40.1 Å². The van der Waals surface area contributed by atoms with Gasteiger partial charge in [0.1, 0.15) is 0 Å². The maximum atomic E-state index is 10.2. The van der Waals surface area contributed by atoms with Gasteiger partial charge in [-0.2, -0.15) is 11.3 Å². The predicted molar refractivity (Wildman–Crippen MR) is 72.5 cm³/mol. The molecule has 18 heavy (non-hydrogen) atoms. The summed E-state index contributed by atoms with van der Waals surface area (Å²) < 4.78 is 10.4. The van der Waals surface area contributed by atoms with Gasteiger partial charge in [-0.3, -0.25) is 0 Å². The maximum Gasteiger partial charge on any atom is 0.161 e. The average Bonchev–Trinajstić information content (AvgIpc) is 2.90. The molecule has 1 heterocycles. The molecule has 96 valence electrons. The molecule has 1 aromatic carbocycles. The van der Waals surface area contributed by atoms with Crippen LogP contribution in [0.3, 0.4) is 0 Å². The van der Waals surface area contributed by atoms with Crippen molar-refractivity contribution in [3.63, 3.8) is 0 Å². The first-order valence-electron chi connectivity index (χ1n) is 5.65. The first-order chi connectivity index (χ1) is 8.74. The zero-order valence-electron chi connectivity index (χ0n) is 10.4. The Kier molecular flexibility index (Phi) is 4.23. The minimum absolute atomic E-state index is 0.528. The molecule has 1 atom stereocenters. The van der Waals surface area contributed by atoms with Crippen LogP contribution in [0.15, 0.2) is 35.0 Å². The van der Waals surface area contributed by atoms with Gasteiger partial charge in [-0.1, -0.05) is 6.07 Å². The molecule has 1 N–H and O–H groups in total. The number of hydrogen-bond acceptors (Lipinski definition) is 4. The van der Waals surface area contributed by atoms with E-state index in [1.54, 1.807) is 25.6 Å². The Morgan fingerprint density at radius 1 is 1.17 bits per heavy atom. The van der Waals surface area contributed by atoms with Gasteiger partial charge in [0.15, 0.2) is 11.5 Å². The minimum Gasteiger partial charge on any atom is -0.493 e.